The van der Waals surface area contributed by atoms with Crippen molar-refractivity contribution in [1.82, 2.24) is 4.98 Å². The molecule has 0 bridgehead atoms. The van der Waals surface area contributed by atoms with E-state index in [0.29, 0.717) is 17.1 Å². The predicted octanol–water partition coefficient (Wildman–Crippen LogP) is 3.17. The fourth-order valence-electron chi connectivity index (χ4n) is 1.75. The Kier molecular flexibility index (Phi) is 4.01. The highest BCUT2D eigenvalue weighted by Crippen LogP contribution is 2.31. The number of alkyl halides is 3. The largest absolute Gasteiger partial charge is 0.433 e. The van der Waals surface area contributed by atoms with Crippen molar-refractivity contribution in [2.75, 3.05) is 5.32 Å². The number of pyridine rings is 1. The SMILES string of the molecule is NSCc1cc(NC2CCC2)nc(C(F)(F)F)c1. The number of hydrogen-bond donors (Lipinski definition) is 2. The van der Waals surface area contributed by atoms with Gasteiger partial charge in [-0.1, -0.05) is 11.9 Å². The maximum absolute atomic E-state index is 12.7. The highest BCUT2D eigenvalue weighted by Gasteiger charge is 2.33. The van der Waals surface area contributed by atoms with Crippen LogP contribution in [0.2, 0.25) is 0 Å². The first-order chi connectivity index (χ1) is 8.49. The van der Waals surface area contributed by atoms with Gasteiger partial charge in [-0.05, 0) is 37.0 Å². The second kappa shape index (κ2) is 5.36. The number of rotatable bonds is 4. The average Bonchev–Trinajstić information content (AvgIpc) is 2.23. The summed E-state index contributed by atoms with van der Waals surface area (Å²) in [6.45, 7) is 0. The lowest BCUT2D eigenvalue weighted by molar-refractivity contribution is -0.141. The fraction of sp³-hybridized carbons (Fsp3) is 0.545. The number of hydrogen-bond acceptors (Lipinski definition) is 4. The highest BCUT2D eigenvalue weighted by molar-refractivity contribution is 7.96. The van der Waals surface area contributed by atoms with Gasteiger partial charge in [0.05, 0.1) is 0 Å². The molecule has 1 fully saturated rings. The second-order valence-electron chi connectivity index (χ2n) is 4.33. The molecule has 1 aromatic rings. The van der Waals surface area contributed by atoms with E-state index in [-0.39, 0.29) is 6.04 Å². The molecular formula is C11H14F3N3S. The minimum Gasteiger partial charge on any atom is -0.367 e. The zero-order valence-corrected chi connectivity index (χ0v) is 10.4. The summed E-state index contributed by atoms with van der Waals surface area (Å²) in [7, 11) is 0. The van der Waals surface area contributed by atoms with Crippen molar-refractivity contribution in [2.45, 2.75) is 37.2 Å². The molecule has 3 nitrogen and oxygen atoms in total. The van der Waals surface area contributed by atoms with Gasteiger partial charge < -0.3 is 5.32 Å². The molecule has 3 N–H and O–H groups in total. The van der Waals surface area contributed by atoms with Gasteiger partial charge >= 0.3 is 6.18 Å². The van der Waals surface area contributed by atoms with Crippen molar-refractivity contribution in [3.05, 3.63) is 23.4 Å². The molecule has 2 rings (SSSR count). The highest BCUT2D eigenvalue weighted by atomic mass is 32.2. The molecule has 0 aliphatic heterocycles. The van der Waals surface area contributed by atoms with Crippen molar-refractivity contribution in [1.29, 1.82) is 0 Å². The Morgan fingerprint density at radius 3 is 2.61 bits per heavy atom. The Balaban J connectivity index is 2.23. The summed E-state index contributed by atoms with van der Waals surface area (Å²) in [4.78, 5) is 3.62. The van der Waals surface area contributed by atoms with E-state index in [1.165, 1.54) is 0 Å². The lowest BCUT2D eigenvalue weighted by atomic mass is 9.93. The number of nitrogens with zero attached hydrogens (tertiary/aromatic N) is 1. The van der Waals surface area contributed by atoms with E-state index in [1.54, 1.807) is 6.07 Å². The lowest BCUT2D eigenvalue weighted by Crippen LogP contribution is -2.28. The fourth-order valence-corrected chi connectivity index (χ4v) is 2.11. The molecule has 0 radical (unpaired) electrons. The third-order valence-electron chi connectivity index (χ3n) is 2.88. The van der Waals surface area contributed by atoms with E-state index in [1.807, 2.05) is 0 Å². The summed E-state index contributed by atoms with van der Waals surface area (Å²) in [6, 6.07) is 2.93. The first-order valence-corrected chi connectivity index (χ1v) is 6.70. The van der Waals surface area contributed by atoms with Gasteiger partial charge in [0, 0.05) is 11.8 Å². The molecule has 1 saturated carbocycles. The number of anilines is 1. The molecule has 0 amide bonds. The van der Waals surface area contributed by atoms with Crippen LogP contribution in [0.15, 0.2) is 12.1 Å². The third kappa shape index (κ3) is 3.29. The molecule has 1 aromatic heterocycles. The summed E-state index contributed by atoms with van der Waals surface area (Å²) in [5.74, 6) is 0.629. The maximum Gasteiger partial charge on any atom is 0.433 e. The maximum atomic E-state index is 12.7. The van der Waals surface area contributed by atoms with Gasteiger partial charge in [-0.15, -0.1) is 0 Å². The van der Waals surface area contributed by atoms with E-state index < -0.39 is 11.9 Å². The number of nitrogens with one attached hydrogen (secondary N) is 1. The second-order valence-corrected chi connectivity index (χ2v) is 4.95. The summed E-state index contributed by atoms with van der Waals surface area (Å²) in [5.41, 5.74) is -0.331. The van der Waals surface area contributed by atoms with E-state index >= 15 is 0 Å². The van der Waals surface area contributed by atoms with Crippen LogP contribution < -0.4 is 10.5 Å². The smallest absolute Gasteiger partial charge is 0.367 e. The molecule has 0 spiro atoms. The zero-order chi connectivity index (χ0) is 13.2. The molecule has 18 heavy (non-hydrogen) atoms. The van der Waals surface area contributed by atoms with Crippen molar-refractivity contribution in [3.63, 3.8) is 0 Å². The molecule has 1 heterocycles. The number of halogens is 3. The van der Waals surface area contributed by atoms with E-state index in [9.17, 15) is 13.2 Å². The Morgan fingerprint density at radius 2 is 2.11 bits per heavy atom. The molecule has 100 valence electrons. The molecule has 0 atom stereocenters. The molecule has 1 aliphatic carbocycles. The standard InChI is InChI=1S/C11H14F3N3S/c12-11(13,14)9-4-7(6-18-15)5-10(17-9)16-8-2-1-3-8/h4-5,8H,1-3,6,15H2,(H,16,17). The predicted molar refractivity (Wildman–Crippen MR) is 66.0 cm³/mol. The van der Waals surface area contributed by atoms with Crippen LogP contribution in [0.4, 0.5) is 19.0 Å². The lowest BCUT2D eigenvalue weighted by Gasteiger charge is -2.27. The summed E-state index contributed by atoms with van der Waals surface area (Å²) >= 11 is 0.998. The van der Waals surface area contributed by atoms with Gasteiger partial charge in [0.1, 0.15) is 11.5 Å². The van der Waals surface area contributed by atoms with Gasteiger partial charge in [-0.2, -0.15) is 13.2 Å². The average molecular weight is 277 g/mol. The first kappa shape index (κ1) is 13.5. The third-order valence-corrected chi connectivity index (χ3v) is 3.38. The molecule has 0 unspecified atom stereocenters. The molecular weight excluding hydrogens is 263 g/mol. The van der Waals surface area contributed by atoms with Crippen LogP contribution in [-0.4, -0.2) is 11.0 Å². The van der Waals surface area contributed by atoms with Gasteiger partial charge in [0.2, 0.25) is 0 Å². The van der Waals surface area contributed by atoms with Crippen LogP contribution in [0.5, 0.6) is 0 Å². The summed E-state index contributed by atoms with van der Waals surface area (Å²) in [5, 5.41) is 8.33. The van der Waals surface area contributed by atoms with Gasteiger partial charge in [0.15, 0.2) is 0 Å². The van der Waals surface area contributed by atoms with Crippen LogP contribution >= 0.6 is 11.9 Å². The van der Waals surface area contributed by atoms with E-state index in [4.69, 9.17) is 5.14 Å². The normalized spacial score (nSPS) is 16.4. The molecule has 1 aliphatic rings. The van der Waals surface area contributed by atoms with Gasteiger partial charge in [0.25, 0.3) is 0 Å². The minimum atomic E-state index is -4.43. The minimum absolute atomic E-state index is 0.249. The molecule has 0 aromatic carbocycles. The Morgan fingerprint density at radius 1 is 1.39 bits per heavy atom. The van der Waals surface area contributed by atoms with Crippen LogP contribution in [0.3, 0.4) is 0 Å². The quantitative estimate of drug-likeness (QED) is 0.830. The van der Waals surface area contributed by atoms with Gasteiger partial charge in [-0.3, -0.25) is 5.14 Å². The first-order valence-electron chi connectivity index (χ1n) is 5.65. The number of nitrogens with two attached hydrogens (primary N) is 1. The zero-order valence-electron chi connectivity index (χ0n) is 9.63. The Bertz CT molecular complexity index is 418. The van der Waals surface area contributed by atoms with Gasteiger partial charge in [-0.25, -0.2) is 4.98 Å². The molecule has 7 heteroatoms. The van der Waals surface area contributed by atoms with Crippen LogP contribution in [0.1, 0.15) is 30.5 Å². The summed E-state index contributed by atoms with van der Waals surface area (Å²) in [6.07, 6.45) is -1.34. The van der Waals surface area contributed by atoms with Crippen LogP contribution in [-0.2, 0) is 11.9 Å². The summed E-state index contributed by atoms with van der Waals surface area (Å²) < 4.78 is 38.1. The van der Waals surface area contributed by atoms with Crippen molar-refractivity contribution in [2.24, 2.45) is 5.14 Å². The van der Waals surface area contributed by atoms with Crippen molar-refractivity contribution in [3.8, 4) is 0 Å². The van der Waals surface area contributed by atoms with Crippen molar-refractivity contribution < 1.29 is 13.2 Å². The monoisotopic (exact) mass is 277 g/mol. The van der Waals surface area contributed by atoms with E-state index in [2.05, 4.69) is 10.3 Å². The molecule has 0 saturated heterocycles. The number of aromatic nitrogens is 1. The topological polar surface area (TPSA) is 50.9 Å². The van der Waals surface area contributed by atoms with Crippen LogP contribution in [0.25, 0.3) is 0 Å². The van der Waals surface area contributed by atoms with Crippen LogP contribution in [0, 0.1) is 0 Å². The Hall–Kier alpha value is -0.950. The Labute approximate surface area is 107 Å². The van der Waals surface area contributed by atoms with E-state index in [0.717, 1.165) is 37.3 Å². The van der Waals surface area contributed by atoms with Crippen molar-refractivity contribution >= 4 is 17.8 Å².